The average Bonchev–Trinajstić information content (AvgIpc) is 3.17. The minimum atomic E-state index is -4.08. The number of hydrogen-bond acceptors (Lipinski definition) is 4. The smallest absolute Gasteiger partial charge is 0.325 e. The van der Waals surface area contributed by atoms with E-state index in [1.807, 2.05) is 6.07 Å². The highest BCUT2D eigenvalue weighted by molar-refractivity contribution is 7.89. The van der Waals surface area contributed by atoms with Crippen LogP contribution >= 0.6 is 11.6 Å². The van der Waals surface area contributed by atoms with E-state index >= 15 is 0 Å². The summed E-state index contributed by atoms with van der Waals surface area (Å²) in [6.45, 7) is 0. The molecule has 144 valence electrons. The van der Waals surface area contributed by atoms with Crippen molar-refractivity contribution in [1.29, 1.82) is 0 Å². The molecule has 1 aliphatic rings. The van der Waals surface area contributed by atoms with Gasteiger partial charge in [0, 0.05) is 10.9 Å². The first-order valence-corrected chi connectivity index (χ1v) is 10.3. The molecular weight excluding hydrogens is 402 g/mol. The first-order chi connectivity index (χ1) is 13.3. The number of halogens is 1. The summed E-state index contributed by atoms with van der Waals surface area (Å²) in [7, 11) is -4.08. The number of carboxylic acid groups (broad SMARTS) is 1. The first kappa shape index (κ1) is 18.7. The van der Waals surface area contributed by atoms with Crippen molar-refractivity contribution < 1.29 is 18.3 Å². The number of nitrogens with zero attached hydrogens (tertiary/aromatic N) is 2. The van der Waals surface area contributed by atoms with E-state index in [9.17, 15) is 18.3 Å². The lowest BCUT2D eigenvalue weighted by Crippen LogP contribution is -2.44. The van der Waals surface area contributed by atoms with Crippen LogP contribution in [0.4, 0.5) is 0 Å². The third kappa shape index (κ3) is 3.30. The molecule has 2 N–H and O–H groups in total. The number of sulfonamides is 1. The molecule has 1 fully saturated rings. The highest BCUT2D eigenvalue weighted by Crippen LogP contribution is 2.52. The van der Waals surface area contributed by atoms with Crippen LogP contribution in [0.2, 0.25) is 5.02 Å². The second kappa shape index (κ2) is 6.73. The van der Waals surface area contributed by atoms with Gasteiger partial charge in [-0.25, -0.2) is 13.1 Å². The van der Waals surface area contributed by atoms with Gasteiger partial charge in [-0.15, -0.1) is 0 Å². The predicted molar refractivity (Wildman–Crippen MR) is 103 cm³/mol. The number of carbonyl (C=O) groups is 1. The van der Waals surface area contributed by atoms with Gasteiger partial charge >= 0.3 is 5.97 Å². The van der Waals surface area contributed by atoms with E-state index in [0.717, 1.165) is 5.56 Å². The molecule has 0 unspecified atom stereocenters. The molecule has 3 aromatic rings. The van der Waals surface area contributed by atoms with Crippen molar-refractivity contribution in [2.75, 3.05) is 0 Å². The Labute approximate surface area is 166 Å². The van der Waals surface area contributed by atoms with E-state index in [2.05, 4.69) is 9.82 Å². The average molecular weight is 418 g/mol. The SMILES string of the molecule is O=C(O)[C@]1(NS(=O)(=O)c2cnn(-c3ccc(Cl)cc3)c2)C[C@H]1c1ccccc1. The molecule has 7 nitrogen and oxygen atoms in total. The maximum absolute atomic E-state index is 12.8. The Bertz CT molecular complexity index is 1130. The van der Waals surface area contributed by atoms with Crippen LogP contribution < -0.4 is 4.72 Å². The normalized spacial score (nSPS) is 21.4. The van der Waals surface area contributed by atoms with Crippen molar-refractivity contribution >= 4 is 27.6 Å². The fourth-order valence-electron chi connectivity index (χ4n) is 3.22. The number of hydrogen-bond donors (Lipinski definition) is 2. The predicted octanol–water partition coefficient (Wildman–Crippen LogP) is 2.81. The molecule has 2 aromatic carbocycles. The fraction of sp³-hybridized carbons (Fsp3) is 0.158. The summed E-state index contributed by atoms with van der Waals surface area (Å²) < 4.78 is 29.4. The summed E-state index contributed by atoms with van der Waals surface area (Å²) >= 11 is 5.86. The van der Waals surface area contributed by atoms with Crippen LogP contribution in [0.3, 0.4) is 0 Å². The zero-order chi connectivity index (χ0) is 19.9. The molecule has 1 aliphatic carbocycles. The van der Waals surface area contributed by atoms with Crippen LogP contribution in [-0.4, -0.2) is 34.8 Å². The number of benzene rings is 2. The third-order valence-corrected chi connectivity index (χ3v) is 6.54. The van der Waals surface area contributed by atoms with Gasteiger partial charge in [0.25, 0.3) is 0 Å². The van der Waals surface area contributed by atoms with Gasteiger partial charge in [0.15, 0.2) is 0 Å². The van der Waals surface area contributed by atoms with Crippen LogP contribution in [0.1, 0.15) is 17.9 Å². The van der Waals surface area contributed by atoms with Gasteiger partial charge in [-0.2, -0.15) is 9.82 Å². The maximum atomic E-state index is 12.8. The Hall–Kier alpha value is -2.68. The Morgan fingerprint density at radius 1 is 1.18 bits per heavy atom. The number of aliphatic carboxylic acids is 1. The lowest BCUT2D eigenvalue weighted by molar-refractivity contribution is -0.140. The first-order valence-electron chi connectivity index (χ1n) is 8.45. The molecule has 28 heavy (non-hydrogen) atoms. The summed E-state index contributed by atoms with van der Waals surface area (Å²) in [5.74, 6) is -1.62. The van der Waals surface area contributed by atoms with Crippen LogP contribution in [0.5, 0.6) is 0 Å². The molecule has 1 aromatic heterocycles. The second-order valence-electron chi connectivity index (χ2n) is 6.65. The van der Waals surface area contributed by atoms with Crippen molar-refractivity contribution in [3.63, 3.8) is 0 Å². The molecule has 9 heteroatoms. The van der Waals surface area contributed by atoms with Crippen LogP contribution in [0, 0.1) is 0 Å². The Balaban J connectivity index is 1.60. The molecule has 1 saturated carbocycles. The van der Waals surface area contributed by atoms with Crippen molar-refractivity contribution in [2.24, 2.45) is 0 Å². The minimum absolute atomic E-state index is 0.109. The van der Waals surface area contributed by atoms with Crippen LogP contribution in [0.25, 0.3) is 5.69 Å². The lowest BCUT2D eigenvalue weighted by Gasteiger charge is -2.14. The van der Waals surface area contributed by atoms with Gasteiger partial charge in [-0.3, -0.25) is 4.79 Å². The summed E-state index contributed by atoms with van der Waals surface area (Å²) in [5, 5.41) is 14.3. The van der Waals surface area contributed by atoms with Gasteiger partial charge < -0.3 is 5.11 Å². The van der Waals surface area contributed by atoms with E-state index in [-0.39, 0.29) is 11.3 Å². The third-order valence-electron chi connectivity index (χ3n) is 4.82. The summed E-state index contributed by atoms with van der Waals surface area (Å²) in [6.07, 6.45) is 2.71. The van der Waals surface area contributed by atoms with E-state index < -0.39 is 27.4 Å². The van der Waals surface area contributed by atoms with E-state index in [1.165, 1.54) is 17.1 Å². The molecule has 2 atom stereocenters. The molecule has 1 heterocycles. The Kier molecular flexibility index (Phi) is 4.49. The number of rotatable bonds is 6. The zero-order valence-electron chi connectivity index (χ0n) is 14.5. The number of aromatic nitrogens is 2. The molecule has 0 saturated heterocycles. The van der Waals surface area contributed by atoms with Crippen molar-refractivity contribution in [3.05, 3.63) is 77.6 Å². The Morgan fingerprint density at radius 2 is 1.86 bits per heavy atom. The highest BCUT2D eigenvalue weighted by atomic mass is 35.5. The van der Waals surface area contributed by atoms with Gasteiger partial charge in [0.05, 0.1) is 18.1 Å². The molecule has 0 spiro atoms. The molecular formula is C19H16ClN3O4S. The number of nitrogens with one attached hydrogen (secondary N) is 1. The molecule has 0 bridgehead atoms. The fourth-order valence-corrected chi connectivity index (χ4v) is 4.68. The van der Waals surface area contributed by atoms with Crippen molar-refractivity contribution in [2.45, 2.75) is 22.8 Å². The van der Waals surface area contributed by atoms with Gasteiger partial charge in [-0.05, 0) is 36.2 Å². The van der Waals surface area contributed by atoms with Gasteiger partial charge in [0.2, 0.25) is 10.0 Å². The van der Waals surface area contributed by atoms with E-state index in [1.54, 1.807) is 48.5 Å². The molecule has 0 radical (unpaired) electrons. The topological polar surface area (TPSA) is 101 Å². The zero-order valence-corrected chi connectivity index (χ0v) is 16.1. The van der Waals surface area contributed by atoms with Crippen molar-refractivity contribution in [1.82, 2.24) is 14.5 Å². The molecule has 0 aliphatic heterocycles. The quantitative estimate of drug-likeness (QED) is 0.642. The largest absolute Gasteiger partial charge is 0.480 e. The van der Waals surface area contributed by atoms with Gasteiger partial charge in [0.1, 0.15) is 10.4 Å². The van der Waals surface area contributed by atoms with Crippen molar-refractivity contribution in [3.8, 4) is 5.69 Å². The van der Waals surface area contributed by atoms with E-state index in [4.69, 9.17) is 11.6 Å². The summed E-state index contributed by atoms with van der Waals surface area (Å²) in [6, 6.07) is 15.7. The number of carboxylic acids is 1. The maximum Gasteiger partial charge on any atom is 0.325 e. The monoisotopic (exact) mass is 417 g/mol. The molecule has 0 amide bonds. The second-order valence-corrected chi connectivity index (χ2v) is 8.77. The van der Waals surface area contributed by atoms with Crippen LogP contribution in [-0.2, 0) is 14.8 Å². The lowest BCUT2D eigenvalue weighted by atomic mass is 10.1. The Morgan fingerprint density at radius 3 is 2.50 bits per heavy atom. The van der Waals surface area contributed by atoms with Gasteiger partial charge in [-0.1, -0.05) is 41.9 Å². The molecule has 4 rings (SSSR count). The highest BCUT2D eigenvalue weighted by Gasteiger charge is 2.63. The van der Waals surface area contributed by atoms with E-state index in [0.29, 0.717) is 10.7 Å². The van der Waals surface area contributed by atoms with Crippen LogP contribution in [0.15, 0.2) is 71.9 Å². The summed E-state index contributed by atoms with van der Waals surface area (Å²) in [5.41, 5.74) is -0.139. The minimum Gasteiger partial charge on any atom is -0.480 e. The summed E-state index contributed by atoms with van der Waals surface area (Å²) in [4.78, 5) is 11.8. The standard InChI is InChI=1S/C19H16ClN3O4S/c20-14-6-8-15(9-7-14)23-12-16(11-21-23)28(26,27)22-19(18(24)25)10-17(19)13-4-2-1-3-5-13/h1-9,11-12,17,22H,10H2,(H,24,25)/t17-,19-/m0/s1.